The Hall–Kier alpha value is -2.67. The molecule has 1 fully saturated rings. The minimum absolute atomic E-state index is 0.110. The van der Waals surface area contributed by atoms with Crippen molar-refractivity contribution >= 4 is 5.96 Å². The number of ether oxygens (including phenoxy) is 1. The van der Waals surface area contributed by atoms with Crippen molar-refractivity contribution in [2.45, 2.75) is 39.3 Å². The lowest BCUT2D eigenvalue weighted by Crippen LogP contribution is -2.42. The summed E-state index contributed by atoms with van der Waals surface area (Å²) in [7, 11) is 1.95. The standard InChI is InChI=1S/C22H32N6O/c1-5-12-23-22(25-15-20-27-26-17(3)28(20)4)24-14-19-7-6-13-29-21(19)18-10-8-16(2)9-11-18/h5,8-11,19,21H,1,6-7,12-15H2,2-4H3,(H2,23,24,25). The molecule has 0 saturated carbocycles. The van der Waals surface area contributed by atoms with Crippen LogP contribution >= 0.6 is 0 Å². The molecule has 0 aliphatic carbocycles. The van der Waals surface area contributed by atoms with E-state index in [0.717, 1.165) is 43.6 Å². The van der Waals surface area contributed by atoms with Crippen LogP contribution < -0.4 is 10.6 Å². The molecule has 1 aliphatic rings. The summed E-state index contributed by atoms with van der Waals surface area (Å²) >= 11 is 0. The van der Waals surface area contributed by atoms with Crippen LogP contribution in [0.25, 0.3) is 0 Å². The summed E-state index contributed by atoms with van der Waals surface area (Å²) in [5, 5.41) is 15.1. The fourth-order valence-corrected chi connectivity index (χ4v) is 3.49. The van der Waals surface area contributed by atoms with Crippen LogP contribution in [0, 0.1) is 19.8 Å². The van der Waals surface area contributed by atoms with Gasteiger partial charge in [-0.05, 0) is 32.3 Å². The zero-order valence-corrected chi connectivity index (χ0v) is 17.7. The molecule has 0 bridgehead atoms. The van der Waals surface area contributed by atoms with E-state index in [1.165, 1.54) is 11.1 Å². The second kappa shape index (κ2) is 10.2. The van der Waals surface area contributed by atoms with Gasteiger partial charge in [-0.2, -0.15) is 0 Å². The number of aromatic nitrogens is 3. The molecular formula is C22H32N6O. The first-order valence-electron chi connectivity index (χ1n) is 10.2. The predicted molar refractivity (Wildman–Crippen MR) is 116 cm³/mol. The molecule has 2 N–H and O–H groups in total. The first-order valence-corrected chi connectivity index (χ1v) is 10.2. The maximum Gasteiger partial charge on any atom is 0.191 e. The van der Waals surface area contributed by atoms with Crippen LogP contribution in [-0.2, 0) is 18.3 Å². The minimum Gasteiger partial charge on any atom is -0.373 e. The number of aryl methyl sites for hydroxylation is 2. The number of rotatable bonds is 7. The van der Waals surface area contributed by atoms with Crippen LogP contribution in [0.5, 0.6) is 0 Å². The molecule has 2 unspecified atom stereocenters. The first-order chi connectivity index (χ1) is 14.1. The molecule has 7 heteroatoms. The summed E-state index contributed by atoms with van der Waals surface area (Å²) in [6.45, 7) is 10.5. The zero-order chi connectivity index (χ0) is 20.6. The van der Waals surface area contributed by atoms with Crippen molar-refractivity contribution in [2.24, 2.45) is 18.0 Å². The monoisotopic (exact) mass is 396 g/mol. The Morgan fingerprint density at radius 3 is 2.76 bits per heavy atom. The van der Waals surface area contributed by atoms with E-state index in [9.17, 15) is 0 Å². The van der Waals surface area contributed by atoms with E-state index in [0.29, 0.717) is 19.0 Å². The minimum atomic E-state index is 0.110. The molecular weight excluding hydrogens is 364 g/mol. The van der Waals surface area contributed by atoms with Crippen LogP contribution in [0.15, 0.2) is 41.9 Å². The maximum atomic E-state index is 6.14. The van der Waals surface area contributed by atoms with Gasteiger partial charge in [0, 0.05) is 32.7 Å². The maximum absolute atomic E-state index is 6.14. The normalized spacial score (nSPS) is 19.8. The summed E-state index contributed by atoms with van der Waals surface area (Å²) in [5.74, 6) is 2.85. The van der Waals surface area contributed by atoms with Gasteiger partial charge in [-0.15, -0.1) is 16.8 Å². The molecule has 1 aromatic heterocycles. The van der Waals surface area contributed by atoms with E-state index in [1.807, 2.05) is 24.6 Å². The van der Waals surface area contributed by atoms with Crippen LogP contribution in [0.3, 0.4) is 0 Å². The van der Waals surface area contributed by atoms with E-state index >= 15 is 0 Å². The van der Waals surface area contributed by atoms with Crippen LogP contribution in [0.2, 0.25) is 0 Å². The Kier molecular flexibility index (Phi) is 7.41. The van der Waals surface area contributed by atoms with Gasteiger partial charge in [0.25, 0.3) is 0 Å². The summed E-state index contributed by atoms with van der Waals surface area (Å²) in [6.07, 6.45) is 4.14. The molecule has 2 aromatic rings. The van der Waals surface area contributed by atoms with Crippen molar-refractivity contribution in [2.75, 3.05) is 19.7 Å². The predicted octanol–water partition coefficient (Wildman–Crippen LogP) is 2.82. The highest BCUT2D eigenvalue weighted by Crippen LogP contribution is 2.33. The third-order valence-electron chi connectivity index (χ3n) is 5.36. The summed E-state index contributed by atoms with van der Waals surface area (Å²) in [5.41, 5.74) is 2.51. The number of hydrogen-bond donors (Lipinski definition) is 2. The number of hydrogen-bond acceptors (Lipinski definition) is 4. The molecule has 0 radical (unpaired) electrons. The lowest BCUT2D eigenvalue weighted by atomic mass is 9.89. The summed E-state index contributed by atoms with van der Waals surface area (Å²) in [4.78, 5) is 4.68. The van der Waals surface area contributed by atoms with Crippen molar-refractivity contribution < 1.29 is 4.74 Å². The number of nitrogens with one attached hydrogen (secondary N) is 2. The van der Waals surface area contributed by atoms with E-state index in [-0.39, 0.29) is 6.10 Å². The Morgan fingerprint density at radius 1 is 1.28 bits per heavy atom. The summed E-state index contributed by atoms with van der Waals surface area (Å²) in [6, 6.07) is 8.66. The van der Waals surface area contributed by atoms with Crippen molar-refractivity contribution in [3.05, 3.63) is 59.7 Å². The molecule has 1 saturated heterocycles. The SMILES string of the molecule is C=CCNC(=NCc1nnc(C)n1C)NCC1CCCOC1c1ccc(C)cc1. The molecule has 2 atom stereocenters. The molecule has 7 nitrogen and oxygen atoms in total. The Bertz CT molecular complexity index is 826. The molecule has 1 aliphatic heterocycles. The van der Waals surface area contributed by atoms with Crippen LogP contribution in [0.4, 0.5) is 0 Å². The fraction of sp³-hybridized carbons (Fsp3) is 0.500. The molecule has 3 rings (SSSR count). The average Bonchev–Trinajstić information content (AvgIpc) is 3.06. The largest absolute Gasteiger partial charge is 0.373 e. The second-order valence-electron chi connectivity index (χ2n) is 7.54. The number of aliphatic imine (C=N–C) groups is 1. The van der Waals surface area contributed by atoms with Crippen molar-refractivity contribution in [3.63, 3.8) is 0 Å². The lowest BCUT2D eigenvalue weighted by molar-refractivity contribution is -0.0265. The highest BCUT2D eigenvalue weighted by Gasteiger charge is 2.27. The molecule has 1 aromatic carbocycles. The highest BCUT2D eigenvalue weighted by atomic mass is 16.5. The Morgan fingerprint density at radius 2 is 2.07 bits per heavy atom. The lowest BCUT2D eigenvalue weighted by Gasteiger charge is -2.32. The van der Waals surface area contributed by atoms with Gasteiger partial charge in [-0.1, -0.05) is 35.9 Å². The third kappa shape index (κ3) is 5.67. The molecule has 156 valence electrons. The number of guanidine groups is 1. The third-order valence-corrected chi connectivity index (χ3v) is 5.36. The van der Waals surface area contributed by atoms with E-state index in [2.05, 4.69) is 63.6 Å². The van der Waals surface area contributed by atoms with Crippen molar-refractivity contribution in [1.29, 1.82) is 0 Å². The van der Waals surface area contributed by atoms with Gasteiger partial charge in [0.2, 0.25) is 0 Å². The van der Waals surface area contributed by atoms with Crippen molar-refractivity contribution in [1.82, 2.24) is 25.4 Å². The van der Waals surface area contributed by atoms with E-state index in [4.69, 9.17) is 4.74 Å². The molecule has 29 heavy (non-hydrogen) atoms. The second-order valence-corrected chi connectivity index (χ2v) is 7.54. The topological polar surface area (TPSA) is 76.4 Å². The quantitative estimate of drug-likeness (QED) is 0.428. The van der Waals surface area contributed by atoms with Gasteiger partial charge in [-0.3, -0.25) is 0 Å². The van der Waals surface area contributed by atoms with Gasteiger partial charge in [0.15, 0.2) is 11.8 Å². The number of benzene rings is 1. The average molecular weight is 397 g/mol. The van der Waals surface area contributed by atoms with Crippen LogP contribution in [-0.4, -0.2) is 40.4 Å². The van der Waals surface area contributed by atoms with Crippen molar-refractivity contribution in [3.8, 4) is 0 Å². The van der Waals surface area contributed by atoms with Gasteiger partial charge in [-0.25, -0.2) is 4.99 Å². The van der Waals surface area contributed by atoms with Gasteiger partial charge in [0.1, 0.15) is 12.4 Å². The van der Waals surface area contributed by atoms with Gasteiger partial charge < -0.3 is 19.9 Å². The van der Waals surface area contributed by atoms with Crippen LogP contribution in [0.1, 0.15) is 41.7 Å². The van der Waals surface area contributed by atoms with Gasteiger partial charge in [0.05, 0.1) is 6.10 Å². The fourth-order valence-electron chi connectivity index (χ4n) is 3.49. The first kappa shape index (κ1) is 21.0. The molecule has 0 amide bonds. The van der Waals surface area contributed by atoms with E-state index in [1.54, 1.807) is 0 Å². The zero-order valence-electron chi connectivity index (χ0n) is 17.7. The summed E-state index contributed by atoms with van der Waals surface area (Å²) < 4.78 is 8.10. The van der Waals surface area contributed by atoms with Gasteiger partial charge >= 0.3 is 0 Å². The molecule has 0 spiro atoms. The molecule has 2 heterocycles. The Labute approximate surface area is 173 Å². The highest BCUT2D eigenvalue weighted by molar-refractivity contribution is 5.79. The Balaban J connectivity index is 1.66. The smallest absolute Gasteiger partial charge is 0.191 e. The van der Waals surface area contributed by atoms with E-state index < -0.39 is 0 Å². The number of nitrogens with zero attached hydrogens (tertiary/aromatic N) is 4.